The zero-order chi connectivity index (χ0) is 14.9. The predicted molar refractivity (Wildman–Crippen MR) is 72.9 cm³/mol. The number of nitrogens with one attached hydrogen (secondary N) is 1. The lowest BCUT2D eigenvalue weighted by atomic mass is 9.91. The second-order valence-electron chi connectivity index (χ2n) is 5.65. The van der Waals surface area contributed by atoms with Gasteiger partial charge < -0.3 is 19.5 Å². The van der Waals surface area contributed by atoms with Gasteiger partial charge >= 0.3 is 6.09 Å². The maximum Gasteiger partial charge on any atom is 0.407 e. The molecule has 0 bridgehead atoms. The second kappa shape index (κ2) is 5.38. The molecule has 7 nitrogen and oxygen atoms in total. The highest BCUT2D eigenvalue weighted by Gasteiger charge is 2.43. The molecule has 1 spiro atoms. The summed E-state index contributed by atoms with van der Waals surface area (Å²) >= 11 is 0. The zero-order valence-electron chi connectivity index (χ0n) is 12.1. The van der Waals surface area contributed by atoms with Crippen LogP contribution in [0.3, 0.4) is 0 Å². The van der Waals surface area contributed by atoms with Gasteiger partial charge in [-0.05, 0) is 6.42 Å². The zero-order valence-corrected chi connectivity index (χ0v) is 12.1. The van der Waals surface area contributed by atoms with E-state index in [0.29, 0.717) is 38.2 Å². The number of hydrogen-bond donors (Lipinski definition) is 1. The Morgan fingerprint density at radius 3 is 2.86 bits per heavy atom. The number of carbonyl (C=O) groups is 2. The first kappa shape index (κ1) is 13.9. The molecule has 2 aliphatic rings. The predicted octanol–water partition coefficient (Wildman–Crippen LogP) is 1.34. The van der Waals surface area contributed by atoms with Gasteiger partial charge in [0.05, 0.1) is 6.54 Å². The Balaban J connectivity index is 1.60. The van der Waals surface area contributed by atoms with E-state index in [2.05, 4.69) is 10.5 Å². The van der Waals surface area contributed by atoms with Crippen LogP contribution in [0, 0.1) is 0 Å². The highest BCUT2D eigenvalue weighted by Crippen LogP contribution is 2.29. The van der Waals surface area contributed by atoms with Crippen molar-refractivity contribution >= 4 is 12.0 Å². The van der Waals surface area contributed by atoms with Crippen molar-refractivity contribution in [2.45, 2.75) is 38.2 Å². The molecule has 1 aromatic heterocycles. The van der Waals surface area contributed by atoms with Crippen LogP contribution in [0.2, 0.25) is 0 Å². The van der Waals surface area contributed by atoms with E-state index in [1.54, 1.807) is 11.0 Å². The van der Waals surface area contributed by atoms with Gasteiger partial charge in [0.1, 0.15) is 11.4 Å². The van der Waals surface area contributed by atoms with Gasteiger partial charge in [-0.1, -0.05) is 12.1 Å². The van der Waals surface area contributed by atoms with Gasteiger partial charge in [-0.25, -0.2) is 4.79 Å². The minimum atomic E-state index is -0.439. The summed E-state index contributed by atoms with van der Waals surface area (Å²) in [5, 5.41) is 6.53. The molecule has 2 aliphatic heterocycles. The summed E-state index contributed by atoms with van der Waals surface area (Å²) in [6.45, 7) is 3.69. The number of hydrogen-bond acceptors (Lipinski definition) is 5. The number of aromatic nitrogens is 1. The first-order chi connectivity index (χ1) is 10.1. The van der Waals surface area contributed by atoms with Crippen LogP contribution in [-0.4, -0.2) is 47.3 Å². The number of amides is 2. The smallest absolute Gasteiger partial charge is 0.407 e. The monoisotopic (exact) mass is 293 g/mol. The number of alkyl carbamates (subject to hydrolysis) is 1. The van der Waals surface area contributed by atoms with E-state index in [4.69, 9.17) is 9.26 Å². The Hall–Kier alpha value is -2.05. The molecule has 0 aliphatic carbocycles. The normalized spacial score (nSPS) is 20.4. The molecule has 1 aromatic rings. The molecule has 114 valence electrons. The largest absolute Gasteiger partial charge is 0.441 e. The van der Waals surface area contributed by atoms with Crippen LogP contribution < -0.4 is 5.32 Å². The lowest BCUT2D eigenvalue weighted by molar-refractivity contribution is 0.00305. The van der Waals surface area contributed by atoms with Crippen molar-refractivity contribution in [3.63, 3.8) is 0 Å². The number of rotatable bonds is 3. The Morgan fingerprint density at radius 2 is 2.24 bits per heavy atom. The van der Waals surface area contributed by atoms with E-state index in [0.717, 1.165) is 18.6 Å². The number of likely N-dealkylation sites (tertiary alicyclic amines) is 1. The van der Waals surface area contributed by atoms with Crippen LogP contribution in [0.15, 0.2) is 10.6 Å². The number of ether oxygens (including phenoxy) is 1. The van der Waals surface area contributed by atoms with E-state index in [-0.39, 0.29) is 12.0 Å². The molecule has 7 heteroatoms. The Labute approximate surface area is 122 Å². The van der Waals surface area contributed by atoms with Crippen molar-refractivity contribution < 1.29 is 18.8 Å². The van der Waals surface area contributed by atoms with E-state index in [1.807, 2.05) is 6.92 Å². The average Bonchev–Trinajstić information content (AvgIpc) is 3.07. The maximum atomic E-state index is 12.4. The fourth-order valence-electron chi connectivity index (χ4n) is 2.84. The molecule has 3 rings (SSSR count). The number of nitrogens with zero attached hydrogens (tertiary/aromatic N) is 2. The van der Waals surface area contributed by atoms with Crippen LogP contribution in [0.1, 0.15) is 42.4 Å². The van der Waals surface area contributed by atoms with Gasteiger partial charge in [-0.3, -0.25) is 4.79 Å². The molecule has 0 saturated carbocycles. The fourth-order valence-corrected chi connectivity index (χ4v) is 2.84. The topological polar surface area (TPSA) is 84.7 Å². The minimum absolute atomic E-state index is 0.117. The molecule has 21 heavy (non-hydrogen) atoms. The van der Waals surface area contributed by atoms with E-state index in [9.17, 15) is 9.59 Å². The molecular weight excluding hydrogens is 274 g/mol. The second-order valence-corrected chi connectivity index (χ2v) is 5.65. The fraction of sp³-hybridized carbons (Fsp3) is 0.643. The lowest BCUT2D eigenvalue weighted by Gasteiger charge is -2.36. The average molecular weight is 293 g/mol. The molecule has 2 saturated heterocycles. The van der Waals surface area contributed by atoms with Gasteiger partial charge in [0, 0.05) is 38.4 Å². The summed E-state index contributed by atoms with van der Waals surface area (Å²) in [7, 11) is 0. The van der Waals surface area contributed by atoms with E-state index in [1.165, 1.54) is 0 Å². The molecule has 0 unspecified atom stereocenters. The third kappa shape index (κ3) is 2.72. The molecule has 3 heterocycles. The third-order valence-electron chi connectivity index (χ3n) is 4.10. The van der Waals surface area contributed by atoms with Crippen LogP contribution >= 0.6 is 0 Å². The van der Waals surface area contributed by atoms with E-state index < -0.39 is 5.60 Å². The molecule has 0 radical (unpaired) electrons. The van der Waals surface area contributed by atoms with Gasteiger partial charge in [-0.15, -0.1) is 0 Å². The standard InChI is InChI=1S/C14H19N3O4/c1-2-3-10-8-11(16-21-10)12(18)17-6-4-14(5-7-17)9-15-13(19)20-14/h8H,2-7,9H2,1H3,(H,15,19). The lowest BCUT2D eigenvalue weighted by Crippen LogP contribution is -2.48. The summed E-state index contributed by atoms with van der Waals surface area (Å²) in [6, 6.07) is 1.72. The molecule has 1 N–H and O–H groups in total. The maximum absolute atomic E-state index is 12.4. The van der Waals surface area contributed by atoms with Crippen molar-refractivity contribution in [3.05, 3.63) is 17.5 Å². The number of piperidine rings is 1. The van der Waals surface area contributed by atoms with Gasteiger partial charge in [0.2, 0.25) is 0 Å². The van der Waals surface area contributed by atoms with Gasteiger partial charge in [0.15, 0.2) is 5.69 Å². The van der Waals surface area contributed by atoms with Crippen molar-refractivity contribution in [1.29, 1.82) is 0 Å². The SMILES string of the molecule is CCCc1cc(C(=O)N2CCC3(CC2)CNC(=O)O3)no1. The highest BCUT2D eigenvalue weighted by molar-refractivity contribution is 5.92. The Morgan fingerprint density at radius 1 is 1.48 bits per heavy atom. The summed E-state index contributed by atoms with van der Waals surface area (Å²) in [6.07, 6.45) is 2.67. The van der Waals surface area contributed by atoms with Crippen LogP contribution in [0.4, 0.5) is 4.79 Å². The number of aryl methyl sites for hydroxylation is 1. The molecule has 2 fully saturated rings. The molecule has 0 aromatic carbocycles. The highest BCUT2D eigenvalue weighted by atomic mass is 16.6. The van der Waals surface area contributed by atoms with Crippen molar-refractivity contribution in [2.75, 3.05) is 19.6 Å². The molecular formula is C14H19N3O4. The van der Waals surface area contributed by atoms with Crippen molar-refractivity contribution in [2.24, 2.45) is 0 Å². The quantitative estimate of drug-likeness (QED) is 0.909. The third-order valence-corrected chi connectivity index (χ3v) is 4.10. The molecule has 2 amide bonds. The van der Waals surface area contributed by atoms with Gasteiger partial charge in [-0.2, -0.15) is 0 Å². The summed E-state index contributed by atoms with van der Waals surface area (Å²) in [4.78, 5) is 25.3. The summed E-state index contributed by atoms with van der Waals surface area (Å²) < 4.78 is 10.5. The summed E-state index contributed by atoms with van der Waals surface area (Å²) in [5.41, 5.74) is -0.0821. The van der Waals surface area contributed by atoms with Gasteiger partial charge in [0.25, 0.3) is 5.91 Å². The number of carbonyl (C=O) groups excluding carboxylic acids is 2. The van der Waals surface area contributed by atoms with Crippen LogP contribution in [-0.2, 0) is 11.2 Å². The first-order valence-electron chi connectivity index (χ1n) is 7.34. The van der Waals surface area contributed by atoms with Crippen molar-refractivity contribution in [3.8, 4) is 0 Å². The van der Waals surface area contributed by atoms with Crippen molar-refractivity contribution in [1.82, 2.24) is 15.4 Å². The summed E-state index contributed by atoms with van der Waals surface area (Å²) in [5.74, 6) is 0.622. The van der Waals surface area contributed by atoms with Crippen LogP contribution in [0.5, 0.6) is 0 Å². The Bertz CT molecular complexity index is 546. The van der Waals surface area contributed by atoms with Crippen LogP contribution in [0.25, 0.3) is 0 Å². The molecule has 0 atom stereocenters. The minimum Gasteiger partial charge on any atom is -0.441 e. The Kier molecular flexibility index (Phi) is 3.57. The van der Waals surface area contributed by atoms with E-state index >= 15 is 0 Å². The first-order valence-corrected chi connectivity index (χ1v) is 7.34.